The summed E-state index contributed by atoms with van der Waals surface area (Å²) in [7, 11) is 0. The largest absolute Gasteiger partial charge is 0.416 e. The van der Waals surface area contributed by atoms with E-state index in [9.17, 15) is 26.3 Å². The Kier molecular flexibility index (Phi) is 9.32. The first-order valence-corrected chi connectivity index (χ1v) is 19.5. The number of nitrogens with zero attached hydrogens (tertiary/aromatic N) is 2. The maximum Gasteiger partial charge on any atom is 0.416 e. The number of alkyl halides is 6. The second-order valence-electron chi connectivity index (χ2n) is 12.2. The van der Waals surface area contributed by atoms with Crippen LogP contribution in [0.2, 0.25) is 0 Å². The van der Waals surface area contributed by atoms with Crippen LogP contribution in [0.4, 0.5) is 26.3 Å². The molecule has 2 aromatic heterocycles. The highest BCUT2D eigenvalue weighted by atomic mass is 31.2. The molecule has 0 spiro atoms. The van der Waals surface area contributed by atoms with E-state index in [0.717, 1.165) is 51.3 Å². The van der Waals surface area contributed by atoms with E-state index in [2.05, 4.69) is 59.8 Å². The standard InChI is InChI=1S/C40H32F6N2P2/c1-27-5-13-31(14-6-27)49(3,32-15-7-28(2)8-16-32)35-21-23-37(47-25-35)38-24-22-36(26-48-38)50(4,33-17-9-29(10-18-33)39(41,42)43)34-19-11-30(12-20-34)40(44,45)46/h5-26H,3-4H2,1-2H3. The van der Waals surface area contributed by atoms with Crippen LogP contribution in [-0.2, 0) is 12.4 Å². The van der Waals surface area contributed by atoms with Crippen molar-refractivity contribution >= 4 is 58.2 Å². The zero-order valence-corrected chi connectivity index (χ0v) is 29.0. The highest BCUT2D eigenvalue weighted by molar-refractivity contribution is 7.93. The van der Waals surface area contributed by atoms with Crippen LogP contribution < -0.4 is 31.8 Å². The van der Waals surface area contributed by atoms with Gasteiger partial charge in [-0.1, -0.05) is 109 Å². The van der Waals surface area contributed by atoms with E-state index in [1.54, 1.807) is 18.3 Å². The van der Waals surface area contributed by atoms with Gasteiger partial charge in [0.05, 0.1) is 22.5 Å². The molecule has 10 heteroatoms. The van der Waals surface area contributed by atoms with E-state index in [1.807, 2.05) is 32.2 Å². The minimum Gasteiger partial charge on any atom is -0.254 e. The van der Waals surface area contributed by atoms with Crippen molar-refractivity contribution in [3.05, 3.63) is 156 Å². The summed E-state index contributed by atoms with van der Waals surface area (Å²) < 4.78 is 80.3. The maximum atomic E-state index is 13.4. The smallest absolute Gasteiger partial charge is 0.254 e. The number of rotatable bonds is 7. The van der Waals surface area contributed by atoms with Crippen molar-refractivity contribution in [3.63, 3.8) is 0 Å². The predicted molar refractivity (Wildman–Crippen MR) is 199 cm³/mol. The molecule has 0 bridgehead atoms. The highest BCUT2D eigenvalue weighted by Crippen LogP contribution is 2.44. The molecule has 0 saturated carbocycles. The van der Waals surface area contributed by atoms with Gasteiger partial charge in [-0.3, -0.25) is 9.97 Å². The minimum absolute atomic E-state index is 0.463. The molecular formula is C40H32F6N2P2. The monoisotopic (exact) mass is 716 g/mol. The fourth-order valence-corrected chi connectivity index (χ4v) is 11.4. The number of halogens is 6. The van der Waals surface area contributed by atoms with Gasteiger partial charge in [0.2, 0.25) is 0 Å². The molecule has 0 aliphatic heterocycles. The van der Waals surface area contributed by atoms with Crippen LogP contribution in [0, 0.1) is 13.8 Å². The zero-order valence-electron chi connectivity index (χ0n) is 27.2. The molecule has 0 aliphatic carbocycles. The van der Waals surface area contributed by atoms with Crippen LogP contribution >= 0.6 is 13.8 Å². The number of hydrogen-bond acceptors (Lipinski definition) is 2. The summed E-state index contributed by atoms with van der Waals surface area (Å²) in [5.74, 6) is 0. The lowest BCUT2D eigenvalue weighted by Crippen LogP contribution is -2.26. The van der Waals surface area contributed by atoms with Crippen molar-refractivity contribution in [2.24, 2.45) is 0 Å². The number of aromatic nitrogens is 2. The molecule has 0 saturated heterocycles. The molecule has 0 aliphatic rings. The lowest BCUT2D eigenvalue weighted by Gasteiger charge is -2.27. The van der Waals surface area contributed by atoms with Crippen molar-refractivity contribution < 1.29 is 26.3 Å². The Balaban J connectivity index is 1.38. The van der Waals surface area contributed by atoms with E-state index >= 15 is 0 Å². The molecular weight excluding hydrogens is 684 g/mol. The molecule has 0 N–H and O–H groups in total. The summed E-state index contributed by atoms with van der Waals surface area (Å²) in [6, 6.07) is 33.4. The molecule has 0 radical (unpaired) electrons. The normalized spacial score (nSPS) is 12.6. The summed E-state index contributed by atoms with van der Waals surface area (Å²) in [6.07, 6.45) is 3.59. The van der Waals surface area contributed by atoms with Crippen LogP contribution in [0.15, 0.2) is 134 Å². The van der Waals surface area contributed by atoms with Gasteiger partial charge in [0.15, 0.2) is 0 Å². The van der Waals surface area contributed by atoms with Gasteiger partial charge in [0.1, 0.15) is 0 Å². The molecule has 2 heterocycles. The molecule has 0 atom stereocenters. The second kappa shape index (κ2) is 13.2. The number of benzene rings is 4. The zero-order chi connectivity index (χ0) is 35.9. The van der Waals surface area contributed by atoms with Crippen LogP contribution in [0.3, 0.4) is 0 Å². The Morgan fingerprint density at radius 2 is 0.660 bits per heavy atom. The highest BCUT2D eigenvalue weighted by Gasteiger charge is 2.33. The Hall–Kier alpha value is -4.64. The van der Waals surface area contributed by atoms with Gasteiger partial charge < -0.3 is 0 Å². The number of pyridine rings is 2. The third kappa shape index (κ3) is 6.75. The van der Waals surface area contributed by atoms with Gasteiger partial charge in [-0.05, 0) is 85.2 Å². The van der Waals surface area contributed by atoms with Crippen LogP contribution in [-0.4, -0.2) is 22.6 Å². The molecule has 0 amide bonds. The molecule has 4 aromatic carbocycles. The fourth-order valence-electron chi connectivity index (χ4n) is 5.83. The van der Waals surface area contributed by atoms with E-state index < -0.39 is 37.3 Å². The van der Waals surface area contributed by atoms with Crippen LogP contribution in [0.25, 0.3) is 11.4 Å². The summed E-state index contributed by atoms with van der Waals surface area (Å²) in [4.78, 5) is 9.45. The van der Waals surface area contributed by atoms with Crippen molar-refractivity contribution in [1.29, 1.82) is 0 Å². The van der Waals surface area contributed by atoms with Gasteiger partial charge in [-0.25, -0.2) is 0 Å². The van der Waals surface area contributed by atoms with Gasteiger partial charge in [-0.15, -0.1) is 0 Å². The first-order valence-electron chi connectivity index (χ1n) is 15.5. The topological polar surface area (TPSA) is 25.8 Å². The predicted octanol–water partition coefficient (Wildman–Crippen LogP) is 8.25. The van der Waals surface area contributed by atoms with Gasteiger partial charge in [0, 0.05) is 23.0 Å². The van der Waals surface area contributed by atoms with Crippen molar-refractivity contribution in [2.75, 3.05) is 0 Å². The van der Waals surface area contributed by atoms with E-state index in [-0.39, 0.29) is 0 Å². The summed E-state index contributed by atoms with van der Waals surface area (Å²) in [5.41, 5.74) is 1.78. The average Bonchev–Trinajstić information content (AvgIpc) is 3.11. The lowest BCUT2D eigenvalue weighted by atomic mass is 10.2. The Bertz CT molecular complexity index is 2090. The molecule has 2 nitrogen and oxygen atoms in total. The van der Waals surface area contributed by atoms with Crippen LogP contribution in [0.1, 0.15) is 22.3 Å². The molecule has 50 heavy (non-hydrogen) atoms. The third-order valence-electron chi connectivity index (χ3n) is 8.86. The fraction of sp³-hybridized carbons (Fsp3) is 0.100. The second-order valence-corrected chi connectivity index (χ2v) is 18.5. The minimum atomic E-state index is -4.54. The molecule has 0 unspecified atom stereocenters. The van der Waals surface area contributed by atoms with Gasteiger partial charge >= 0.3 is 12.4 Å². The van der Waals surface area contributed by atoms with Gasteiger partial charge in [0.25, 0.3) is 0 Å². The van der Waals surface area contributed by atoms with Crippen molar-refractivity contribution in [2.45, 2.75) is 26.2 Å². The SMILES string of the molecule is C=P(c1ccc(C)cc1)(c1ccc(C)cc1)c1ccc(-c2ccc(P(=C)(c3ccc(C(F)(F)F)cc3)c3ccc(C(F)(F)F)cc3)cn2)nc1. The van der Waals surface area contributed by atoms with Gasteiger partial charge in [-0.2, -0.15) is 26.3 Å². The maximum absolute atomic E-state index is 13.4. The third-order valence-corrected chi connectivity index (χ3v) is 15.9. The Morgan fingerprint density at radius 3 is 0.900 bits per heavy atom. The average molecular weight is 717 g/mol. The van der Waals surface area contributed by atoms with Crippen LogP contribution in [0.5, 0.6) is 0 Å². The number of hydrogen-bond donors (Lipinski definition) is 0. The summed E-state index contributed by atoms with van der Waals surface area (Å²) >= 11 is 0. The van der Waals surface area contributed by atoms with E-state index in [4.69, 9.17) is 11.3 Å². The lowest BCUT2D eigenvalue weighted by molar-refractivity contribution is -0.138. The summed E-state index contributed by atoms with van der Waals surface area (Å²) in [5, 5.41) is 4.73. The van der Waals surface area contributed by atoms with Crippen molar-refractivity contribution in [3.8, 4) is 11.4 Å². The quantitative estimate of drug-likeness (QED) is 0.123. The molecule has 6 aromatic rings. The first-order chi connectivity index (χ1) is 23.6. The molecule has 0 fully saturated rings. The van der Waals surface area contributed by atoms with Crippen molar-refractivity contribution in [1.82, 2.24) is 9.97 Å². The Labute approximate surface area is 287 Å². The Morgan fingerprint density at radius 1 is 0.400 bits per heavy atom. The van der Waals surface area contributed by atoms with E-state index in [0.29, 0.717) is 27.3 Å². The van der Waals surface area contributed by atoms with E-state index in [1.165, 1.54) is 24.3 Å². The summed E-state index contributed by atoms with van der Waals surface area (Å²) in [6.45, 7) is -1.15. The first kappa shape index (κ1) is 35.2. The molecule has 254 valence electrons. The number of aryl methyl sites for hydroxylation is 2. The molecule has 6 rings (SSSR count).